The molecule has 2 rings (SSSR count). The van der Waals surface area contributed by atoms with Crippen LogP contribution in [0.4, 0.5) is 0 Å². The predicted molar refractivity (Wildman–Crippen MR) is 78.0 cm³/mol. The minimum absolute atomic E-state index is 0.174. The molecule has 0 aliphatic rings. The molecule has 0 bridgehead atoms. The molecule has 19 heavy (non-hydrogen) atoms. The Morgan fingerprint density at radius 3 is 2.89 bits per heavy atom. The number of rotatable bonds is 5. The maximum absolute atomic E-state index is 11.8. The van der Waals surface area contributed by atoms with Crippen LogP contribution in [0.3, 0.4) is 0 Å². The van der Waals surface area contributed by atoms with Gasteiger partial charge in [0.25, 0.3) is 5.91 Å². The molecule has 1 heterocycles. The molecule has 0 spiro atoms. The monoisotopic (exact) mass is 278 g/mol. The Bertz CT molecular complexity index is 580. The molecule has 0 aliphatic carbocycles. The number of nitrogen functional groups attached to an aromatic ring is 1. The highest BCUT2D eigenvalue weighted by Gasteiger charge is 2.18. The Labute approximate surface area is 116 Å². The van der Waals surface area contributed by atoms with Crippen molar-refractivity contribution in [1.29, 1.82) is 0 Å². The second kappa shape index (κ2) is 6.14. The van der Waals surface area contributed by atoms with Gasteiger partial charge in [-0.3, -0.25) is 10.2 Å². The van der Waals surface area contributed by atoms with E-state index in [4.69, 9.17) is 10.6 Å². The fourth-order valence-corrected chi connectivity index (χ4v) is 2.95. The predicted octanol–water partition coefficient (Wildman–Crippen LogP) is 2.82. The second-order valence-electron chi connectivity index (χ2n) is 4.41. The topological polar surface area (TPSA) is 64.3 Å². The maximum atomic E-state index is 11.8. The summed E-state index contributed by atoms with van der Waals surface area (Å²) < 4.78 is 6.84. The summed E-state index contributed by atoms with van der Waals surface area (Å²) in [7, 11) is 0. The highest BCUT2D eigenvalue weighted by molar-refractivity contribution is 7.21. The van der Waals surface area contributed by atoms with Gasteiger partial charge in [0.15, 0.2) is 0 Å². The summed E-state index contributed by atoms with van der Waals surface area (Å²) in [5.74, 6) is 4.98. The number of hydrazine groups is 1. The van der Waals surface area contributed by atoms with Gasteiger partial charge in [-0.25, -0.2) is 5.84 Å². The normalized spacial score (nSPS) is 12.6. The van der Waals surface area contributed by atoms with Crippen LogP contribution in [0.2, 0.25) is 0 Å². The van der Waals surface area contributed by atoms with Crippen molar-refractivity contribution >= 4 is 27.3 Å². The summed E-state index contributed by atoms with van der Waals surface area (Å²) in [5.41, 5.74) is 3.12. The molecule has 0 aliphatic heterocycles. The standard InChI is InChI=1S/C14H18N2O2S/c1-3-9(2)18-8-11-10-6-4-5-7-12(10)19-13(11)14(17)16-15/h4-7,9H,3,8,15H2,1-2H3,(H,16,17). The molecule has 1 aromatic heterocycles. The number of fused-ring (bicyclic) bond motifs is 1. The van der Waals surface area contributed by atoms with Crippen LogP contribution >= 0.6 is 11.3 Å². The molecule has 3 N–H and O–H groups in total. The van der Waals surface area contributed by atoms with Crippen LogP contribution in [0.15, 0.2) is 24.3 Å². The van der Waals surface area contributed by atoms with Gasteiger partial charge in [-0.05, 0) is 24.8 Å². The number of amides is 1. The van der Waals surface area contributed by atoms with Gasteiger partial charge in [-0.1, -0.05) is 25.1 Å². The number of carbonyl (C=O) groups excluding carboxylic acids is 1. The Morgan fingerprint density at radius 2 is 2.21 bits per heavy atom. The van der Waals surface area contributed by atoms with Gasteiger partial charge < -0.3 is 4.74 Å². The molecule has 0 saturated heterocycles. The zero-order valence-corrected chi connectivity index (χ0v) is 11.9. The molecule has 1 unspecified atom stereocenters. The van der Waals surface area contributed by atoms with Crippen molar-refractivity contribution in [2.75, 3.05) is 0 Å². The lowest BCUT2D eigenvalue weighted by atomic mass is 10.1. The molecule has 102 valence electrons. The number of benzene rings is 1. The van der Waals surface area contributed by atoms with Gasteiger partial charge in [0, 0.05) is 10.3 Å². The largest absolute Gasteiger partial charge is 0.374 e. The lowest BCUT2D eigenvalue weighted by Gasteiger charge is -2.11. The Morgan fingerprint density at radius 1 is 1.47 bits per heavy atom. The van der Waals surface area contributed by atoms with Crippen molar-refractivity contribution in [3.05, 3.63) is 34.7 Å². The molecule has 4 nitrogen and oxygen atoms in total. The average molecular weight is 278 g/mol. The number of hydrogen-bond donors (Lipinski definition) is 2. The molecule has 1 aromatic carbocycles. The second-order valence-corrected chi connectivity index (χ2v) is 5.46. The summed E-state index contributed by atoms with van der Waals surface area (Å²) in [6, 6.07) is 7.93. The van der Waals surface area contributed by atoms with Crippen LogP contribution in [0.1, 0.15) is 35.5 Å². The van der Waals surface area contributed by atoms with Gasteiger partial charge in [0.1, 0.15) is 0 Å². The van der Waals surface area contributed by atoms with Crippen molar-refractivity contribution < 1.29 is 9.53 Å². The Kier molecular flexibility index (Phi) is 4.52. The third-order valence-corrected chi connectivity index (χ3v) is 4.33. The first-order valence-corrected chi connectivity index (χ1v) is 7.12. The first-order chi connectivity index (χ1) is 9.17. The fourth-order valence-electron chi connectivity index (χ4n) is 1.83. The molecule has 1 amide bonds. The van der Waals surface area contributed by atoms with E-state index in [0.717, 1.165) is 22.1 Å². The van der Waals surface area contributed by atoms with Crippen molar-refractivity contribution in [3.8, 4) is 0 Å². The third-order valence-electron chi connectivity index (χ3n) is 3.12. The first-order valence-electron chi connectivity index (χ1n) is 6.30. The number of thiophene rings is 1. The molecular formula is C14H18N2O2S. The highest BCUT2D eigenvalue weighted by atomic mass is 32.1. The minimum atomic E-state index is -0.260. The molecule has 0 radical (unpaired) electrons. The van der Waals surface area contributed by atoms with E-state index in [1.165, 1.54) is 11.3 Å². The SMILES string of the molecule is CCC(C)OCc1c(C(=O)NN)sc2ccccc12. The minimum Gasteiger partial charge on any atom is -0.374 e. The molecular weight excluding hydrogens is 260 g/mol. The smallest absolute Gasteiger partial charge is 0.275 e. The van der Waals surface area contributed by atoms with Crippen LogP contribution in [-0.2, 0) is 11.3 Å². The molecule has 1 atom stereocenters. The van der Waals surface area contributed by atoms with E-state index in [9.17, 15) is 4.79 Å². The van der Waals surface area contributed by atoms with E-state index in [2.05, 4.69) is 12.3 Å². The van der Waals surface area contributed by atoms with Gasteiger partial charge >= 0.3 is 0 Å². The van der Waals surface area contributed by atoms with Crippen molar-refractivity contribution in [3.63, 3.8) is 0 Å². The van der Waals surface area contributed by atoms with E-state index in [-0.39, 0.29) is 12.0 Å². The quantitative estimate of drug-likeness (QED) is 0.502. The Balaban J connectivity index is 2.39. The molecule has 0 fully saturated rings. The molecule has 5 heteroatoms. The third kappa shape index (κ3) is 2.94. The number of nitrogens with one attached hydrogen (secondary N) is 1. The van der Waals surface area contributed by atoms with Crippen LogP contribution in [0, 0.1) is 0 Å². The van der Waals surface area contributed by atoms with Crippen molar-refractivity contribution in [1.82, 2.24) is 5.43 Å². The van der Waals surface area contributed by atoms with Crippen LogP contribution in [-0.4, -0.2) is 12.0 Å². The van der Waals surface area contributed by atoms with E-state index < -0.39 is 0 Å². The molecule has 0 saturated carbocycles. The van der Waals surface area contributed by atoms with Gasteiger partial charge in [-0.2, -0.15) is 0 Å². The average Bonchev–Trinajstić information content (AvgIpc) is 2.82. The zero-order valence-electron chi connectivity index (χ0n) is 11.1. The molecule has 2 aromatic rings. The van der Waals surface area contributed by atoms with E-state index in [0.29, 0.717) is 11.5 Å². The lowest BCUT2D eigenvalue weighted by Crippen LogP contribution is -2.30. The Hall–Kier alpha value is -1.43. The number of ether oxygens (including phenoxy) is 1. The van der Waals surface area contributed by atoms with Crippen molar-refractivity contribution in [2.45, 2.75) is 33.0 Å². The zero-order chi connectivity index (χ0) is 13.8. The van der Waals surface area contributed by atoms with Crippen molar-refractivity contribution in [2.24, 2.45) is 5.84 Å². The first kappa shape index (κ1) is 14.0. The number of nitrogens with two attached hydrogens (primary N) is 1. The van der Waals surface area contributed by atoms with Crippen LogP contribution in [0.25, 0.3) is 10.1 Å². The summed E-state index contributed by atoms with van der Waals surface area (Å²) in [5, 5.41) is 1.06. The van der Waals surface area contributed by atoms with E-state index in [1.54, 1.807) is 0 Å². The van der Waals surface area contributed by atoms with E-state index >= 15 is 0 Å². The van der Waals surface area contributed by atoms with Crippen LogP contribution < -0.4 is 11.3 Å². The summed E-state index contributed by atoms with van der Waals surface area (Å²) in [4.78, 5) is 12.5. The highest BCUT2D eigenvalue weighted by Crippen LogP contribution is 2.32. The van der Waals surface area contributed by atoms with Crippen LogP contribution in [0.5, 0.6) is 0 Å². The van der Waals surface area contributed by atoms with E-state index in [1.807, 2.05) is 31.2 Å². The number of hydrogen-bond acceptors (Lipinski definition) is 4. The van der Waals surface area contributed by atoms with Gasteiger partial charge in [0.2, 0.25) is 0 Å². The maximum Gasteiger partial charge on any atom is 0.275 e. The fraction of sp³-hybridized carbons (Fsp3) is 0.357. The summed E-state index contributed by atoms with van der Waals surface area (Å²) >= 11 is 1.44. The lowest BCUT2D eigenvalue weighted by molar-refractivity contribution is 0.0510. The van der Waals surface area contributed by atoms with Gasteiger partial charge in [-0.15, -0.1) is 11.3 Å². The summed E-state index contributed by atoms with van der Waals surface area (Å²) in [6.45, 7) is 4.53. The van der Waals surface area contributed by atoms with Gasteiger partial charge in [0.05, 0.1) is 17.6 Å². The summed E-state index contributed by atoms with van der Waals surface area (Å²) in [6.07, 6.45) is 1.12. The number of carbonyl (C=O) groups is 1.